The number of alkyl halides is 3. The van der Waals surface area contributed by atoms with E-state index in [4.69, 9.17) is 25.8 Å². The lowest BCUT2D eigenvalue weighted by Crippen LogP contribution is -2.42. The normalized spacial score (nSPS) is 22.2. The number of morpholine rings is 1. The number of rotatable bonds is 6. The number of anilines is 1. The van der Waals surface area contributed by atoms with Crippen molar-refractivity contribution >= 4 is 17.3 Å². The van der Waals surface area contributed by atoms with Gasteiger partial charge >= 0.3 is 6.18 Å². The van der Waals surface area contributed by atoms with Gasteiger partial charge in [-0.25, -0.2) is 4.39 Å². The minimum atomic E-state index is -4.65. The van der Waals surface area contributed by atoms with Crippen LogP contribution < -0.4 is 14.4 Å². The molecule has 47 heavy (non-hydrogen) atoms. The Balaban J connectivity index is 1.08. The Labute approximate surface area is 273 Å². The molecule has 3 aliphatic rings. The lowest BCUT2D eigenvalue weighted by atomic mass is 9.88. The van der Waals surface area contributed by atoms with Crippen LogP contribution in [-0.4, -0.2) is 69.2 Å². The van der Waals surface area contributed by atoms with Gasteiger partial charge in [0.05, 0.1) is 24.0 Å². The first-order chi connectivity index (χ1) is 22.5. The highest BCUT2D eigenvalue weighted by molar-refractivity contribution is 6.30. The first-order valence-corrected chi connectivity index (χ1v) is 15.8. The molecule has 7 rings (SSSR count). The number of aromatic amines is 1. The van der Waals surface area contributed by atoms with E-state index in [-0.39, 0.29) is 29.1 Å². The van der Waals surface area contributed by atoms with Crippen LogP contribution in [0.3, 0.4) is 0 Å². The molecule has 2 atom stereocenters. The summed E-state index contributed by atoms with van der Waals surface area (Å²) in [6, 6.07) is 11.9. The van der Waals surface area contributed by atoms with Crippen molar-refractivity contribution in [2.24, 2.45) is 0 Å². The summed E-state index contributed by atoms with van der Waals surface area (Å²) in [4.78, 5) is 6.63. The van der Waals surface area contributed by atoms with E-state index in [1.165, 1.54) is 6.07 Å². The highest BCUT2D eigenvalue weighted by Crippen LogP contribution is 2.50. The third-order valence-electron chi connectivity index (χ3n) is 8.86. The number of H-pyrrole nitrogens is 1. The molecule has 2 aromatic heterocycles. The van der Waals surface area contributed by atoms with Crippen molar-refractivity contribution in [2.45, 2.75) is 57.2 Å². The molecule has 2 fully saturated rings. The summed E-state index contributed by atoms with van der Waals surface area (Å²) in [6.07, 6.45) is -3.01. The van der Waals surface area contributed by atoms with Gasteiger partial charge in [0.2, 0.25) is 5.82 Å². The van der Waals surface area contributed by atoms with E-state index in [1.807, 2.05) is 25.1 Å². The van der Waals surface area contributed by atoms with Crippen molar-refractivity contribution < 1.29 is 31.8 Å². The molecule has 15 heteroatoms. The third kappa shape index (κ3) is 6.33. The molecule has 0 spiro atoms. The fourth-order valence-corrected chi connectivity index (χ4v) is 6.66. The SMILES string of the molecule is CC1CN(c2cc(-c3nnc(C(F)(F)F)[nH]3)nnc2CN2CCC(c3cccc4c3O[C@@](C)(c3ccc(Cl)cc3F)O4)CC2)CCO1. The largest absolute Gasteiger partial charge is 0.451 e. The number of hydrogen-bond acceptors (Lipinski definition) is 9. The van der Waals surface area contributed by atoms with E-state index in [2.05, 4.69) is 35.2 Å². The highest BCUT2D eigenvalue weighted by atomic mass is 35.5. The molecule has 0 saturated carbocycles. The van der Waals surface area contributed by atoms with Gasteiger partial charge in [0, 0.05) is 37.1 Å². The first kappa shape index (κ1) is 31.6. The quantitative estimate of drug-likeness (QED) is 0.236. The van der Waals surface area contributed by atoms with E-state index in [9.17, 15) is 17.6 Å². The lowest BCUT2D eigenvalue weighted by Gasteiger charge is -2.36. The Bertz CT molecular complexity index is 1780. The molecule has 0 amide bonds. The molecular formula is C32H32ClF4N7O3. The highest BCUT2D eigenvalue weighted by Gasteiger charge is 2.43. The van der Waals surface area contributed by atoms with Crippen molar-refractivity contribution in [3.05, 3.63) is 75.9 Å². The fourth-order valence-electron chi connectivity index (χ4n) is 6.50. The molecule has 248 valence electrons. The second-order valence-electron chi connectivity index (χ2n) is 12.2. The van der Waals surface area contributed by atoms with Gasteiger partial charge in [-0.2, -0.15) is 18.3 Å². The molecule has 1 N–H and O–H groups in total. The van der Waals surface area contributed by atoms with Gasteiger partial charge < -0.3 is 24.1 Å². The van der Waals surface area contributed by atoms with Crippen LogP contribution in [0, 0.1) is 5.82 Å². The van der Waals surface area contributed by atoms with Crippen molar-refractivity contribution in [1.82, 2.24) is 30.3 Å². The average Bonchev–Trinajstić information content (AvgIpc) is 3.67. The summed E-state index contributed by atoms with van der Waals surface area (Å²) in [5.41, 5.74) is 2.95. The number of likely N-dealkylation sites (tertiary alicyclic amines) is 1. The van der Waals surface area contributed by atoms with Crippen LogP contribution in [0.15, 0.2) is 42.5 Å². The number of hydrogen-bond donors (Lipinski definition) is 1. The fraction of sp³-hybridized carbons (Fsp3) is 0.438. The van der Waals surface area contributed by atoms with Gasteiger partial charge in [-0.15, -0.1) is 15.3 Å². The van der Waals surface area contributed by atoms with Crippen LogP contribution in [-0.2, 0) is 23.2 Å². The van der Waals surface area contributed by atoms with Crippen molar-refractivity contribution in [3.8, 4) is 23.0 Å². The van der Waals surface area contributed by atoms with Crippen molar-refractivity contribution in [1.29, 1.82) is 0 Å². The number of ether oxygens (including phenoxy) is 3. The second-order valence-corrected chi connectivity index (χ2v) is 12.6. The molecule has 2 aromatic carbocycles. The zero-order valence-corrected chi connectivity index (χ0v) is 26.4. The Hall–Kier alpha value is -4.01. The van der Waals surface area contributed by atoms with Crippen LogP contribution in [0.1, 0.15) is 55.3 Å². The predicted octanol–water partition coefficient (Wildman–Crippen LogP) is 6.32. The molecule has 0 bridgehead atoms. The Morgan fingerprint density at radius 1 is 1.02 bits per heavy atom. The number of aromatic nitrogens is 5. The van der Waals surface area contributed by atoms with E-state index in [0.29, 0.717) is 42.8 Å². The summed E-state index contributed by atoms with van der Waals surface area (Å²) in [5, 5.41) is 15.9. The zero-order valence-electron chi connectivity index (χ0n) is 25.7. The van der Waals surface area contributed by atoms with Crippen LogP contribution in [0.2, 0.25) is 5.02 Å². The predicted molar refractivity (Wildman–Crippen MR) is 164 cm³/mol. The van der Waals surface area contributed by atoms with Gasteiger partial charge in [0.25, 0.3) is 5.79 Å². The van der Waals surface area contributed by atoms with Crippen LogP contribution in [0.5, 0.6) is 11.5 Å². The van der Waals surface area contributed by atoms with Gasteiger partial charge in [-0.3, -0.25) is 4.90 Å². The maximum absolute atomic E-state index is 14.8. The van der Waals surface area contributed by atoms with E-state index >= 15 is 0 Å². The summed E-state index contributed by atoms with van der Waals surface area (Å²) in [7, 11) is 0. The van der Waals surface area contributed by atoms with Gasteiger partial charge in [0.1, 0.15) is 17.2 Å². The van der Waals surface area contributed by atoms with Crippen LogP contribution in [0.25, 0.3) is 11.5 Å². The number of para-hydroxylation sites is 1. The van der Waals surface area contributed by atoms with E-state index in [1.54, 1.807) is 25.1 Å². The topological polar surface area (TPSA) is 102 Å². The summed E-state index contributed by atoms with van der Waals surface area (Å²) in [6.45, 7) is 7.42. The molecule has 0 aliphatic carbocycles. The molecule has 3 aliphatic heterocycles. The molecule has 0 radical (unpaired) electrons. The monoisotopic (exact) mass is 673 g/mol. The summed E-state index contributed by atoms with van der Waals surface area (Å²) in [5.74, 6) is -1.75. The molecular weight excluding hydrogens is 642 g/mol. The molecule has 1 unspecified atom stereocenters. The summed E-state index contributed by atoms with van der Waals surface area (Å²) >= 11 is 5.97. The molecule has 10 nitrogen and oxygen atoms in total. The van der Waals surface area contributed by atoms with Gasteiger partial charge in [-0.05, 0) is 69.1 Å². The molecule has 2 saturated heterocycles. The first-order valence-electron chi connectivity index (χ1n) is 15.4. The van der Waals surface area contributed by atoms with Crippen molar-refractivity contribution in [3.63, 3.8) is 0 Å². The molecule has 5 heterocycles. The Morgan fingerprint density at radius 3 is 2.55 bits per heavy atom. The number of halogens is 5. The minimum Gasteiger partial charge on any atom is -0.444 e. The van der Waals surface area contributed by atoms with Crippen LogP contribution in [0.4, 0.5) is 23.2 Å². The smallest absolute Gasteiger partial charge is 0.444 e. The van der Waals surface area contributed by atoms with E-state index in [0.717, 1.165) is 42.9 Å². The van der Waals surface area contributed by atoms with Crippen LogP contribution >= 0.6 is 11.6 Å². The molecule has 4 aromatic rings. The Kier molecular flexibility index (Phi) is 8.21. The second kappa shape index (κ2) is 12.2. The average molecular weight is 674 g/mol. The number of nitrogens with zero attached hydrogens (tertiary/aromatic N) is 6. The number of nitrogens with one attached hydrogen (secondary N) is 1. The maximum Gasteiger partial charge on any atom is 0.451 e. The standard InChI is InChI=1S/C32H32ClF4N7O3/c1-18-16-44(12-13-45-18)26-15-24(29-38-30(42-41-29)32(35,36)37)39-40-25(26)17-43-10-8-19(9-11-43)21-4-3-5-27-28(21)47-31(2,46-27)22-7-6-20(33)14-23(22)34/h3-7,14-15,18-19H,8-13,16-17H2,1-2H3,(H,38,41,42)/t18?,31-/m0/s1. The Morgan fingerprint density at radius 2 is 1.83 bits per heavy atom. The lowest BCUT2D eigenvalue weighted by molar-refractivity contribution is -0.144. The van der Waals surface area contributed by atoms with Crippen molar-refractivity contribution in [2.75, 3.05) is 37.7 Å². The van der Waals surface area contributed by atoms with Gasteiger partial charge in [0.15, 0.2) is 17.3 Å². The maximum atomic E-state index is 14.8. The number of fused-ring (bicyclic) bond motifs is 1. The minimum absolute atomic E-state index is 0.0251. The zero-order chi connectivity index (χ0) is 32.9. The van der Waals surface area contributed by atoms with Gasteiger partial charge in [-0.1, -0.05) is 23.7 Å². The third-order valence-corrected chi connectivity index (χ3v) is 9.09. The summed E-state index contributed by atoms with van der Waals surface area (Å²) < 4.78 is 72.5. The van der Waals surface area contributed by atoms with E-state index < -0.39 is 23.6 Å². The number of piperidine rings is 1. The number of benzene rings is 2.